The number of hydrogen-bond donors (Lipinski definition) is 0. The molecule has 0 radical (unpaired) electrons. The molecule has 0 aromatic carbocycles. The first-order valence-electron chi connectivity index (χ1n) is 6.42. The second kappa shape index (κ2) is 8.41. The molecule has 1 aromatic heterocycles. The summed E-state index contributed by atoms with van der Waals surface area (Å²) in [6.45, 7) is 1.95. The fraction of sp³-hybridized carbons (Fsp3) is 0.667. The van der Waals surface area contributed by atoms with E-state index in [4.69, 9.17) is 9.47 Å². The Kier molecular flexibility index (Phi) is 7.54. The molecule has 1 atom stereocenters. The van der Waals surface area contributed by atoms with E-state index in [1.54, 1.807) is 11.3 Å². The molecule has 0 N–H and O–H groups in total. The molecule has 0 fully saturated rings. The number of nitrogens with zero attached hydrogens (tertiary/aromatic N) is 1. The van der Waals surface area contributed by atoms with Crippen molar-refractivity contribution in [2.45, 2.75) is 18.9 Å². The maximum Gasteiger partial charge on any atom is 1.00 e. The van der Waals surface area contributed by atoms with Gasteiger partial charge in [0.15, 0.2) is 11.5 Å². The zero-order chi connectivity index (χ0) is 14.6. The Labute approximate surface area is 141 Å². The summed E-state index contributed by atoms with van der Waals surface area (Å²) in [4.78, 5) is 2.06. The van der Waals surface area contributed by atoms with E-state index in [0.29, 0.717) is 26.0 Å². The van der Waals surface area contributed by atoms with Gasteiger partial charge in [-0.1, -0.05) is 0 Å². The molecule has 1 unspecified atom stereocenters. The Morgan fingerprint density at radius 3 is 2.81 bits per heavy atom. The molecule has 2 heterocycles. The van der Waals surface area contributed by atoms with Crippen molar-refractivity contribution in [2.75, 3.05) is 32.5 Å². The first kappa shape index (κ1) is 18.8. The van der Waals surface area contributed by atoms with Crippen molar-refractivity contribution < 1.29 is 41.3 Å². The summed E-state index contributed by atoms with van der Waals surface area (Å²) in [6.07, 6.45) is 1.05. The van der Waals surface area contributed by atoms with E-state index in [-0.39, 0.29) is 30.7 Å². The van der Waals surface area contributed by atoms with Gasteiger partial charge < -0.3 is 18.9 Å². The molecule has 6 nitrogen and oxygen atoms in total. The van der Waals surface area contributed by atoms with Gasteiger partial charge in [0.2, 0.25) is 0 Å². The van der Waals surface area contributed by atoms with Crippen molar-refractivity contribution in [1.82, 2.24) is 4.90 Å². The summed E-state index contributed by atoms with van der Waals surface area (Å²) in [5.74, 6) is 1.30. The van der Waals surface area contributed by atoms with Crippen LogP contribution in [-0.2, 0) is 10.1 Å². The van der Waals surface area contributed by atoms with E-state index >= 15 is 0 Å². The molecule has 2 rings (SSSR count). The zero-order valence-corrected chi connectivity index (χ0v) is 13.9. The first-order valence-corrected chi connectivity index (χ1v) is 8.94. The third-order valence-corrected chi connectivity index (χ3v) is 4.50. The van der Waals surface area contributed by atoms with Crippen molar-refractivity contribution in [3.8, 4) is 11.5 Å². The smallest absolute Gasteiger partial charge is 0.748 e. The predicted molar refractivity (Wildman–Crippen MR) is 75.5 cm³/mol. The Bertz CT molecular complexity index is 534. The van der Waals surface area contributed by atoms with Crippen LogP contribution in [0.4, 0.5) is 0 Å². The fourth-order valence-corrected chi connectivity index (χ4v) is 3.28. The quantitative estimate of drug-likeness (QED) is 0.332. The second-order valence-electron chi connectivity index (χ2n) is 4.88. The standard InChI is InChI=1S/C12H19NO5S2.Li/c1-13(4-2-3-5-20(14,15)16)6-10-7-17-11-8-19-9-12(11)18-10;/h8-10H,2-7H2,1H3,(H,14,15,16);/q;+1/p-1. The van der Waals surface area contributed by atoms with Gasteiger partial charge in [-0.05, 0) is 26.4 Å². The van der Waals surface area contributed by atoms with Gasteiger partial charge in [-0.25, -0.2) is 8.42 Å². The maximum atomic E-state index is 10.5. The Morgan fingerprint density at radius 1 is 1.38 bits per heavy atom. The summed E-state index contributed by atoms with van der Waals surface area (Å²) in [6, 6.07) is 0. The molecular weight excluding hydrogens is 309 g/mol. The van der Waals surface area contributed by atoms with Gasteiger partial charge >= 0.3 is 18.9 Å². The molecule has 114 valence electrons. The molecule has 1 aromatic rings. The second-order valence-corrected chi connectivity index (χ2v) is 7.15. The minimum atomic E-state index is -4.09. The summed E-state index contributed by atoms with van der Waals surface area (Å²) in [5, 5.41) is 3.83. The minimum absolute atomic E-state index is 0. The van der Waals surface area contributed by atoms with Gasteiger partial charge in [0.1, 0.15) is 12.7 Å². The monoisotopic (exact) mass is 327 g/mol. The van der Waals surface area contributed by atoms with Crippen molar-refractivity contribution in [1.29, 1.82) is 0 Å². The number of hydrogen-bond acceptors (Lipinski definition) is 7. The largest absolute Gasteiger partial charge is 1.00 e. The average Bonchev–Trinajstić information content (AvgIpc) is 2.81. The Balaban J connectivity index is 0.00000220. The summed E-state index contributed by atoms with van der Waals surface area (Å²) in [5.41, 5.74) is 0. The SMILES string of the molecule is CN(CCCCS(=O)(=O)[O-])CC1COc2cscc2O1.[Li+]. The van der Waals surface area contributed by atoms with Crippen LogP contribution in [0.3, 0.4) is 0 Å². The Hall–Kier alpha value is -0.233. The van der Waals surface area contributed by atoms with Crippen LogP contribution in [-0.4, -0.2) is 56.5 Å². The molecule has 1 aliphatic heterocycles. The predicted octanol–water partition coefficient (Wildman–Crippen LogP) is -1.85. The van der Waals surface area contributed by atoms with Crippen LogP contribution in [0.5, 0.6) is 11.5 Å². The third-order valence-electron chi connectivity index (χ3n) is 3.01. The van der Waals surface area contributed by atoms with Gasteiger partial charge in [-0.3, -0.25) is 0 Å². The molecule has 0 saturated heterocycles. The summed E-state index contributed by atoms with van der Waals surface area (Å²) in [7, 11) is -2.15. The molecule has 21 heavy (non-hydrogen) atoms. The van der Waals surface area contributed by atoms with Crippen LogP contribution in [0.15, 0.2) is 10.8 Å². The number of fused-ring (bicyclic) bond motifs is 1. The molecule has 0 saturated carbocycles. The fourth-order valence-electron chi connectivity index (χ4n) is 2.05. The number of rotatable bonds is 7. The minimum Gasteiger partial charge on any atom is -0.748 e. The molecule has 0 amide bonds. The third kappa shape index (κ3) is 6.59. The van der Waals surface area contributed by atoms with Crippen LogP contribution in [0, 0.1) is 0 Å². The number of unbranched alkanes of at least 4 members (excludes halogenated alkanes) is 1. The van der Waals surface area contributed by atoms with Crippen molar-refractivity contribution in [2.24, 2.45) is 0 Å². The Morgan fingerprint density at radius 2 is 2.10 bits per heavy atom. The summed E-state index contributed by atoms with van der Waals surface area (Å²) >= 11 is 1.55. The topological polar surface area (TPSA) is 78.9 Å². The van der Waals surface area contributed by atoms with Crippen LogP contribution >= 0.6 is 11.3 Å². The van der Waals surface area contributed by atoms with Crippen LogP contribution < -0.4 is 28.3 Å². The van der Waals surface area contributed by atoms with Gasteiger partial charge in [-0.2, -0.15) is 0 Å². The molecule has 0 spiro atoms. The van der Waals surface area contributed by atoms with E-state index in [1.165, 1.54) is 0 Å². The normalized spacial score (nSPS) is 17.6. The van der Waals surface area contributed by atoms with Crippen LogP contribution in [0.1, 0.15) is 12.8 Å². The molecule has 0 bridgehead atoms. The van der Waals surface area contributed by atoms with Crippen LogP contribution in [0.2, 0.25) is 0 Å². The van der Waals surface area contributed by atoms with Crippen molar-refractivity contribution in [3.63, 3.8) is 0 Å². The van der Waals surface area contributed by atoms with Crippen molar-refractivity contribution in [3.05, 3.63) is 10.8 Å². The molecule has 9 heteroatoms. The maximum absolute atomic E-state index is 10.5. The van der Waals surface area contributed by atoms with Crippen molar-refractivity contribution >= 4 is 21.5 Å². The van der Waals surface area contributed by atoms with Gasteiger partial charge in [0, 0.05) is 23.1 Å². The van der Waals surface area contributed by atoms with E-state index in [1.807, 2.05) is 17.8 Å². The van der Waals surface area contributed by atoms with E-state index in [9.17, 15) is 13.0 Å². The summed E-state index contributed by atoms with van der Waals surface area (Å²) < 4.78 is 42.8. The molecular formula is C12H18LiNO5S2. The van der Waals surface area contributed by atoms with E-state index < -0.39 is 10.1 Å². The van der Waals surface area contributed by atoms with E-state index in [0.717, 1.165) is 18.0 Å². The number of ether oxygens (including phenoxy) is 2. The average molecular weight is 327 g/mol. The molecule has 1 aliphatic rings. The van der Waals surface area contributed by atoms with Crippen LogP contribution in [0.25, 0.3) is 0 Å². The first-order chi connectivity index (χ1) is 9.44. The van der Waals surface area contributed by atoms with E-state index in [2.05, 4.69) is 4.90 Å². The number of thiophene rings is 1. The van der Waals surface area contributed by atoms with Gasteiger partial charge in [-0.15, -0.1) is 11.3 Å². The number of likely N-dealkylation sites (N-methyl/N-ethyl adjacent to an activating group) is 1. The van der Waals surface area contributed by atoms with Gasteiger partial charge in [0.05, 0.1) is 10.1 Å². The molecule has 0 aliphatic carbocycles. The zero-order valence-electron chi connectivity index (χ0n) is 12.3. The van der Waals surface area contributed by atoms with Gasteiger partial charge in [0.25, 0.3) is 0 Å².